The number of aliphatic carboxylic acids is 1. The summed E-state index contributed by atoms with van der Waals surface area (Å²) < 4.78 is 5.62. The molecular weight excluding hydrogens is 418 g/mol. The molecule has 0 saturated heterocycles. The van der Waals surface area contributed by atoms with Gasteiger partial charge in [-0.1, -0.05) is 56.3 Å². The summed E-state index contributed by atoms with van der Waals surface area (Å²) in [7, 11) is 0. The van der Waals surface area contributed by atoms with Crippen LogP contribution in [0.3, 0.4) is 0 Å². The number of nitrogens with zero attached hydrogens (tertiary/aromatic N) is 2. The van der Waals surface area contributed by atoms with Crippen LogP contribution in [0.15, 0.2) is 67.0 Å². The van der Waals surface area contributed by atoms with E-state index in [1.807, 2.05) is 36.4 Å². The Balaban J connectivity index is 1.84. The normalized spacial score (nSPS) is 11.7. The van der Waals surface area contributed by atoms with Crippen LogP contribution >= 0.6 is 0 Å². The number of nitrogens with one attached hydrogen (secondary N) is 1. The van der Waals surface area contributed by atoms with E-state index in [-0.39, 0.29) is 37.4 Å². The van der Waals surface area contributed by atoms with E-state index >= 15 is 0 Å². The minimum atomic E-state index is -0.906. The Bertz CT molecular complexity index is 1060. The van der Waals surface area contributed by atoms with Crippen molar-refractivity contribution < 1.29 is 19.4 Å². The Labute approximate surface area is 193 Å². The Morgan fingerprint density at radius 2 is 1.76 bits per heavy atom. The third-order valence-corrected chi connectivity index (χ3v) is 5.15. The zero-order valence-electron chi connectivity index (χ0n) is 18.9. The molecule has 2 N–H and O–H groups in total. The first-order valence-electron chi connectivity index (χ1n) is 11.0. The van der Waals surface area contributed by atoms with Gasteiger partial charge in [-0.3, -0.25) is 9.59 Å². The average Bonchev–Trinajstić information content (AvgIpc) is 2.82. The van der Waals surface area contributed by atoms with Crippen molar-refractivity contribution in [3.63, 3.8) is 0 Å². The lowest BCUT2D eigenvalue weighted by Crippen LogP contribution is -2.30. The minimum absolute atomic E-state index is 0.0535. The fourth-order valence-electron chi connectivity index (χ4n) is 3.56. The van der Waals surface area contributed by atoms with Crippen molar-refractivity contribution in [2.24, 2.45) is 5.92 Å². The van der Waals surface area contributed by atoms with Gasteiger partial charge in [0.25, 0.3) is 5.91 Å². The van der Waals surface area contributed by atoms with Crippen LogP contribution in [0.2, 0.25) is 0 Å². The summed E-state index contributed by atoms with van der Waals surface area (Å²) >= 11 is 0. The molecular formula is C26H29N3O4. The molecule has 7 heteroatoms. The molecule has 7 nitrogen and oxygen atoms in total. The molecule has 0 bridgehead atoms. The summed E-state index contributed by atoms with van der Waals surface area (Å²) in [6.07, 6.45) is 4.18. The summed E-state index contributed by atoms with van der Waals surface area (Å²) in [5.74, 6) is -0.757. The van der Waals surface area contributed by atoms with Crippen molar-refractivity contribution in [2.75, 3.05) is 0 Å². The highest BCUT2D eigenvalue weighted by Gasteiger charge is 2.20. The van der Waals surface area contributed by atoms with E-state index < -0.39 is 5.97 Å². The fraction of sp³-hybridized carbons (Fsp3) is 0.308. The number of carbonyl (C=O) groups excluding carboxylic acids is 1. The van der Waals surface area contributed by atoms with Gasteiger partial charge >= 0.3 is 12.0 Å². The second kappa shape index (κ2) is 11.8. The Morgan fingerprint density at radius 1 is 1.03 bits per heavy atom. The van der Waals surface area contributed by atoms with Crippen molar-refractivity contribution in [1.29, 1.82) is 0 Å². The Hall–Kier alpha value is -3.74. The van der Waals surface area contributed by atoms with E-state index in [2.05, 4.69) is 29.1 Å². The number of rotatable bonds is 11. The summed E-state index contributed by atoms with van der Waals surface area (Å²) in [5, 5.41) is 12.3. The third-order valence-electron chi connectivity index (χ3n) is 5.15. The van der Waals surface area contributed by atoms with Crippen LogP contribution < -0.4 is 10.1 Å². The Kier molecular flexibility index (Phi) is 8.52. The van der Waals surface area contributed by atoms with Crippen LogP contribution in [0, 0.1) is 5.92 Å². The van der Waals surface area contributed by atoms with E-state index in [1.165, 1.54) is 0 Å². The summed E-state index contributed by atoms with van der Waals surface area (Å²) in [5.41, 5.74) is 2.95. The number of benzene rings is 2. The molecule has 1 heterocycles. The number of carboxylic acids is 1. The molecule has 1 atom stereocenters. The SMILES string of the molecule is CC(C)CC(NC(=O)c1cc(COc2ncccn2)ccc1CCC(=O)O)c1ccccc1. The van der Waals surface area contributed by atoms with E-state index in [4.69, 9.17) is 9.84 Å². The molecule has 3 aromatic rings. The number of aromatic nitrogens is 2. The zero-order valence-corrected chi connectivity index (χ0v) is 18.9. The molecule has 0 fully saturated rings. The lowest BCUT2D eigenvalue weighted by atomic mass is 9.95. The average molecular weight is 448 g/mol. The number of amides is 1. The molecule has 0 aliphatic carbocycles. The predicted molar refractivity (Wildman–Crippen MR) is 125 cm³/mol. The highest BCUT2D eigenvalue weighted by Crippen LogP contribution is 2.23. The third kappa shape index (κ3) is 7.42. The molecule has 2 aromatic carbocycles. The maximum atomic E-state index is 13.4. The maximum absolute atomic E-state index is 13.4. The molecule has 1 amide bonds. The van der Waals surface area contributed by atoms with Crippen molar-refractivity contribution in [1.82, 2.24) is 15.3 Å². The lowest BCUT2D eigenvalue weighted by Gasteiger charge is -2.22. The molecule has 0 spiro atoms. The lowest BCUT2D eigenvalue weighted by molar-refractivity contribution is -0.136. The molecule has 3 rings (SSSR count). The molecule has 0 aliphatic rings. The van der Waals surface area contributed by atoms with Gasteiger partial charge in [0.2, 0.25) is 0 Å². The quantitative estimate of drug-likeness (QED) is 0.446. The van der Waals surface area contributed by atoms with Gasteiger partial charge in [-0.25, -0.2) is 9.97 Å². The molecule has 1 unspecified atom stereocenters. The number of aryl methyl sites for hydroxylation is 1. The fourth-order valence-corrected chi connectivity index (χ4v) is 3.56. The second-order valence-electron chi connectivity index (χ2n) is 8.27. The van der Waals surface area contributed by atoms with Crippen molar-refractivity contribution in [3.05, 3.63) is 89.2 Å². The van der Waals surface area contributed by atoms with Gasteiger partial charge < -0.3 is 15.2 Å². The number of carboxylic acid groups (broad SMARTS) is 1. The van der Waals surface area contributed by atoms with Crippen LogP contribution in [0.5, 0.6) is 6.01 Å². The smallest absolute Gasteiger partial charge is 0.316 e. The van der Waals surface area contributed by atoms with Gasteiger partial charge in [-0.15, -0.1) is 0 Å². The summed E-state index contributed by atoms with van der Waals surface area (Å²) in [6, 6.07) is 17.0. The monoisotopic (exact) mass is 447 g/mol. The van der Waals surface area contributed by atoms with Crippen molar-refractivity contribution >= 4 is 11.9 Å². The van der Waals surface area contributed by atoms with Gasteiger partial charge in [0.15, 0.2) is 0 Å². The highest BCUT2D eigenvalue weighted by molar-refractivity contribution is 5.96. The first kappa shape index (κ1) is 23.9. The van der Waals surface area contributed by atoms with Gasteiger partial charge in [-0.2, -0.15) is 0 Å². The van der Waals surface area contributed by atoms with Gasteiger partial charge in [0, 0.05) is 24.4 Å². The predicted octanol–water partition coefficient (Wildman–Crippen LogP) is 4.59. The summed E-state index contributed by atoms with van der Waals surface area (Å²) in [6.45, 7) is 4.42. The van der Waals surface area contributed by atoms with Gasteiger partial charge in [0.1, 0.15) is 6.61 Å². The minimum Gasteiger partial charge on any atom is -0.481 e. The van der Waals surface area contributed by atoms with Gasteiger partial charge in [0.05, 0.1) is 6.04 Å². The second-order valence-corrected chi connectivity index (χ2v) is 8.27. The molecule has 0 radical (unpaired) electrons. The van der Waals surface area contributed by atoms with E-state index in [0.717, 1.165) is 17.5 Å². The van der Waals surface area contributed by atoms with Crippen LogP contribution in [0.25, 0.3) is 0 Å². The maximum Gasteiger partial charge on any atom is 0.316 e. The van der Waals surface area contributed by atoms with Crippen LogP contribution in [-0.4, -0.2) is 27.0 Å². The first-order valence-corrected chi connectivity index (χ1v) is 11.0. The summed E-state index contributed by atoms with van der Waals surface area (Å²) in [4.78, 5) is 32.6. The molecule has 172 valence electrons. The van der Waals surface area contributed by atoms with E-state index in [0.29, 0.717) is 17.0 Å². The topological polar surface area (TPSA) is 101 Å². The molecule has 0 aliphatic heterocycles. The van der Waals surface area contributed by atoms with E-state index in [1.54, 1.807) is 30.6 Å². The van der Waals surface area contributed by atoms with Crippen molar-refractivity contribution in [3.8, 4) is 6.01 Å². The van der Waals surface area contributed by atoms with E-state index in [9.17, 15) is 9.59 Å². The van der Waals surface area contributed by atoms with Crippen LogP contribution in [-0.2, 0) is 17.8 Å². The zero-order chi connectivity index (χ0) is 23.6. The van der Waals surface area contributed by atoms with Gasteiger partial charge in [-0.05, 0) is 47.6 Å². The number of hydrogen-bond donors (Lipinski definition) is 2. The number of ether oxygens (including phenoxy) is 1. The van der Waals surface area contributed by atoms with Crippen LogP contribution in [0.1, 0.15) is 59.8 Å². The van der Waals surface area contributed by atoms with Crippen LogP contribution in [0.4, 0.5) is 0 Å². The first-order chi connectivity index (χ1) is 15.9. The molecule has 0 saturated carbocycles. The number of hydrogen-bond acceptors (Lipinski definition) is 5. The largest absolute Gasteiger partial charge is 0.481 e. The highest BCUT2D eigenvalue weighted by atomic mass is 16.5. The van der Waals surface area contributed by atoms with Crippen molar-refractivity contribution in [2.45, 2.75) is 45.8 Å². The molecule has 33 heavy (non-hydrogen) atoms. The number of carbonyl (C=O) groups is 2. The Morgan fingerprint density at radius 3 is 2.42 bits per heavy atom. The standard InChI is InChI=1S/C26H29N3O4/c1-18(2)15-23(21-7-4-3-5-8-21)29-25(32)22-16-19(9-10-20(22)11-12-24(30)31)17-33-26-27-13-6-14-28-26/h3-10,13-14,16,18,23H,11-12,15,17H2,1-2H3,(H,29,32)(H,30,31). The molecule has 1 aromatic heterocycles.